The summed E-state index contributed by atoms with van der Waals surface area (Å²) in [5.74, 6) is 1.78. The fraction of sp³-hybridized carbons (Fsp3) is 0.389. The Labute approximate surface area is 286 Å². The van der Waals surface area contributed by atoms with Crippen molar-refractivity contribution in [3.05, 3.63) is 105 Å². The summed E-state index contributed by atoms with van der Waals surface area (Å²) in [7, 11) is 0. The second kappa shape index (κ2) is 15.1. The summed E-state index contributed by atoms with van der Waals surface area (Å²) in [5.41, 5.74) is 3.93. The van der Waals surface area contributed by atoms with E-state index in [0.29, 0.717) is 48.1 Å². The van der Waals surface area contributed by atoms with E-state index in [4.69, 9.17) is 23.2 Å². The number of rotatable bonds is 10. The molecule has 4 aromatic rings. The summed E-state index contributed by atoms with van der Waals surface area (Å²) < 4.78 is 2.03. The van der Waals surface area contributed by atoms with Crippen LogP contribution in [0.4, 0.5) is 0 Å². The number of thioether (sulfide) groups is 1. The number of nitrogens with zero attached hydrogens (tertiary/aromatic N) is 5. The normalized spacial score (nSPS) is 15.3. The number of aromatic nitrogens is 3. The highest BCUT2D eigenvalue weighted by Crippen LogP contribution is 2.29. The van der Waals surface area contributed by atoms with Gasteiger partial charge in [-0.05, 0) is 66.6 Å². The minimum Gasteiger partial charge on any atom is -0.339 e. The number of amides is 2. The van der Waals surface area contributed by atoms with E-state index < -0.39 is 0 Å². The summed E-state index contributed by atoms with van der Waals surface area (Å²) in [6.07, 6.45) is 2.74. The second-order valence-corrected chi connectivity index (χ2v) is 14.7. The molecule has 1 aliphatic rings. The van der Waals surface area contributed by atoms with Crippen molar-refractivity contribution in [2.45, 2.75) is 70.0 Å². The third-order valence-corrected chi connectivity index (χ3v) is 10.1. The molecular formula is C36H41Cl2N5O2S. The Balaban J connectivity index is 1.12. The molecule has 0 saturated carbocycles. The fourth-order valence-electron chi connectivity index (χ4n) is 5.63. The van der Waals surface area contributed by atoms with Gasteiger partial charge < -0.3 is 9.80 Å². The first-order valence-corrected chi connectivity index (χ1v) is 17.5. The third kappa shape index (κ3) is 8.33. The first-order chi connectivity index (χ1) is 22.0. The Morgan fingerprint density at radius 3 is 2.33 bits per heavy atom. The van der Waals surface area contributed by atoms with Gasteiger partial charge in [0, 0.05) is 49.8 Å². The van der Waals surface area contributed by atoms with Crippen LogP contribution < -0.4 is 0 Å². The van der Waals surface area contributed by atoms with E-state index in [1.165, 1.54) is 5.56 Å². The number of benzene rings is 3. The van der Waals surface area contributed by atoms with Gasteiger partial charge in [0.05, 0.1) is 15.7 Å². The molecule has 1 fully saturated rings. The van der Waals surface area contributed by atoms with E-state index >= 15 is 0 Å². The zero-order valence-corrected chi connectivity index (χ0v) is 29.2. The molecular weight excluding hydrogens is 637 g/mol. The average molecular weight is 679 g/mol. The summed E-state index contributed by atoms with van der Waals surface area (Å²) >= 11 is 14.2. The van der Waals surface area contributed by atoms with Crippen LogP contribution in [0, 0.1) is 0 Å². The standard InChI is InChI=1S/C36H41Cl2N5O2S/c1-25-24-41(19-20-42(25)34(45)27-13-15-28(16-14-27)36(2,3)4)33(44)12-8-9-21-46-35-40-39-32(22-26-10-6-5-7-11-26)43(35)29-17-18-30(37)31(38)23-29/h5-7,10-11,13-18,23,25H,8-9,12,19-22,24H2,1-4H3. The molecule has 1 aromatic heterocycles. The molecule has 7 nitrogen and oxygen atoms in total. The smallest absolute Gasteiger partial charge is 0.254 e. The molecule has 3 aromatic carbocycles. The first-order valence-electron chi connectivity index (χ1n) is 15.8. The van der Waals surface area contributed by atoms with Crippen molar-refractivity contribution < 1.29 is 9.59 Å². The number of unbranched alkanes of at least 4 members (excludes halogenated alkanes) is 1. The fourth-order valence-corrected chi connectivity index (χ4v) is 6.90. The lowest BCUT2D eigenvalue weighted by Crippen LogP contribution is -2.55. The molecule has 242 valence electrons. The maximum absolute atomic E-state index is 13.2. The van der Waals surface area contributed by atoms with Crippen molar-refractivity contribution in [1.82, 2.24) is 24.6 Å². The van der Waals surface area contributed by atoms with Crippen LogP contribution in [0.2, 0.25) is 10.0 Å². The Morgan fingerprint density at radius 1 is 0.913 bits per heavy atom. The van der Waals surface area contributed by atoms with Crippen molar-refractivity contribution >= 4 is 46.8 Å². The third-order valence-electron chi connectivity index (χ3n) is 8.32. The zero-order chi connectivity index (χ0) is 32.8. The lowest BCUT2D eigenvalue weighted by molar-refractivity contribution is -0.133. The number of carbonyl (C=O) groups is 2. The number of carbonyl (C=O) groups excluding carboxylic acids is 2. The summed E-state index contributed by atoms with van der Waals surface area (Å²) in [5, 5.41) is 10.8. The minimum absolute atomic E-state index is 0.0257. The molecule has 0 N–H and O–H groups in total. The van der Waals surface area contributed by atoms with E-state index in [1.807, 2.05) is 75.9 Å². The molecule has 0 spiro atoms. The van der Waals surface area contributed by atoms with Crippen molar-refractivity contribution in [3.8, 4) is 5.69 Å². The number of hydrogen-bond acceptors (Lipinski definition) is 5. The van der Waals surface area contributed by atoms with Crippen molar-refractivity contribution in [3.63, 3.8) is 0 Å². The largest absolute Gasteiger partial charge is 0.339 e. The van der Waals surface area contributed by atoms with Gasteiger partial charge in [-0.3, -0.25) is 14.2 Å². The van der Waals surface area contributed by atoms with Crippen molar-refractivity contribution in [2.24, 2.45) is 0 Å². The van der Waals surface area contributed by atoms with Crippen molar-refractivity contribution in [2.75, 3.05) is 25.4 Å². The molecule has 0 bridgehead atoms. The molecule has 1 aliphatic heterocycles. The van der Waals surface area contributed by atoms with E-state index in [2.05, 4.69) is 43.1 Å². The molecule has 46 heavy (non-hydrogen) atoms. The van der Waals surface area contributed by atoms with E-state index in [9.17, 15) is 9.59 Å². The summed E-state index contributed by atoms with van der Waals surface area (Å²) in [6, 6.07) is 23.6. The van der Waals surface area contributed by atoms with Gasteiger partial charge in [0.25, 0.3) is 5.91 Å². The van der Waals surface area contributed by atoms with E-state index in [-0.39, 0.29) is 23.3 Å². The first kappa shape index (κ1) is 34.0. The second-order valence-electron chi connectivity index (χ2n) is 12.8. The number of piperazine rings is 1. The van der Waals surface area contributed by atoms with Crippen LogP contribution in [-0.2, 0) is 16.6 Å². The lowest BCUT2D eigenvalue weighted by Gasteiger charge is -2.40. The minimum atomic E-state index is -0.0409. The molecule has 2 amide bonds. The van der Waals surface area contributed by atoms with E-state index in [1.54, 1.807) is 17.8 Å². The van der Waals surface area contributed by atoms with Gasteiger partial charge in [0.15, 0.2) is 5.16 Å². The van der Waals surface area contributed by atoms with Crippen molar-refractivity contribution in [1.29, 1.82) is 0 Å². The van der Waals surface area contributed by atoms with Crippen LogP contribution in [0.5, 0.6) is 0 Å². The predicted octanol–water partition coefficient (Wildman–Crippen LogP) is 8.10. The average Bonchev–Trinajstić information content (AvgIpc) is 3.43. The molecule has 10 heteroatoms. The highest BCUT2D eigenvalue weighted by atomic mass is 35.5. The highest BCUT2D eigenvalue weighted by molar-refractivity contribution is 7.99. The van der Waals surface area contributed by atoms with Gasteiger partial charge in [-0.15, -0.1) is 10.2 Å². The SMILES string of the molecule is CC1CN(C(=O)CCCCSc2nnc(Cc3ccccc3)n2-c2ccc(Cl)c(Cl)c2)CCN1C(=O)c1ccc(C(C)(C)C)cc1. The Hall–Kier alpha value is -3.33. The monoisotopic (exact) mass is 677 g/mol. The van der Waals surface area contributed by atoms with Gasteiger partial charge in [0.1, 0.15) is 5.82 Å². The van der Waals surface area contributed by atoms with Crippen LogP contribution in [0.25, 0.3) is 5.69 Å². The van der Waals surface area contributed by atoms with Gasteiger partial charge in [-0.2, -0.15) is 0 Å². The molecule has 1 atom stereocenters. The molecule has 5 rings (SSSR count). The maximum Gasteiger partial charge on any atom is 0.254 e. The zero-order valence-electron chi connectivity index (χ0n) is 26.9. The predicted molar refractivity (Wildman–Crippen MR) is 187 cm³/mol. The van der Waals surface area contributed by atoms with Crippen LogP contribution in [0.3, 0.4) is 0 Å². The quantitative estimate of drug-likeness (QED) is 0.125. The van der Waals surface area contributed by atoms with Crippen LogP contribution in [0.15, 0.2) is 78.0 Å². The van der Waals surface area contributed by atoms with Gasteiger partial charge >= 0.3 is 0 Å². The molecule has 2 heterocycles. The van der Waals surface area contributed by atoms with Gasteiger partial charge in [0.2, 0.25) is 5.91 Å². The van der Waals surface area contributed by atoms with Crippen LogP contribution in [-0.4, -0.2) is 67.8 Å². The highest BCUT2D eigenvalue weighted by Gasteiger charge is 2.30. The number of halogens is 2. The van der Waals surface area contributed by atoms with Crippen LogP contribution in [0.1, 0.15) is 74.3 Å². The maximum atomic E-state index is 13.2. The molecule has 0 radical (unpaired) electrons. The van der Waals surface area contributed by atoms with Gasteiger partial charge in [-0.1, -0.05) is 98.2 Å². The Morgan fingerprint density at radius 2 is 1.65 bits per heavy atom. The molecule has 1 saturated heterocycles. The summed E-state index contributed by atoms with van der Waals surface area (Å²) in [6.45, 7) is 10.2. The van der Waals surface area contributed by atoms with Gasteiger partial charge in [-0.25, -0.2) is 0 Å². The topological polar surface area (TPSA) is 71.3 Å². The van der Waals surface area contributed by atoms with Crippen LogP contribution >= 0.6 is 35.0 Å². The Kier molecular flexibility index (Phi) is 11.1. The van der Waals surface area contributed by atoms with E-state index in [0.717, 1.165) is 40.8 Å². The Bertz CT molecular complexity index is 1650. The molecule has 0 aliphatic carbocycles. The summed E-state index contributed by atoms with van der Waals surface area (Å²) in [4.78, 5) is 30.1. The molecule has 1 unspecified atom stereocenters. The lowest BCUT2D eigenvalue weighted by atomic mass is 9.86. The number of hydrogen-bond donors (Lipinski definition) is 0.